The van der Waals surface area contributed by atoms with Gasteiger partial charge in [-0.25, -0.2) is 10.0 Å². The van der Waals surface area contributed by atoms with Crippen molar-refractivity contribution in [1.29, 1.82) is 0 Å². The molecular formula is C9H11N3O3S. The third-order valence-corrected chi connectivity index (χ3v) is 2.74. The Balaban J connectivity index is 2.05. The summed E-state index contributed by atoms with van der Waals surface area (Å²) in [7, 11) is 0. The molecule has 0 radical (unpaired) electrons. The van der Waals surface area contributed by atoms with Crippen LogP contribution in [0.25, 0.3) is 0 Å². The first-order valence-corrected chi connectivity index (χ1v) is 5.72. The van der Waals surface area contributed by atoms with Gasteiger partial charge < -0.3 is 5.32 Å². The average Bonchev–Trinajstić information content (AvgIpc) is 2.84. The maximum Gasteiger partial charge on any atom is 0.296 e. The number of nitrogens with zero attached hydrogens (tertiary/aromatic N) is 2. The number of nitrogens with one attached hydrogen (secondary N) is 1. The maximum atomic E-state index is 11.8. The SMILES string of the molecule is CC(=O)Nc1nc(C(=O)N2CCCO2)cs1. The Bertz CT molecular complexity index is 412. The third-order valence-electron chi connectivity index (χ3n) is 1.99. The number of amides is 2. The van der Waals surface area contributed by atoms with Crippen LogP contribution in [0.5, 0.6) is 0 Å². The lowest BCUT2D eigenvalue weighted by atomic mass is 10.4. The van der Waals surface area contributed by atoms with Gasteiger partial charge in [-0.15, -0.1) is 11.3 Å². The van der Waals surface area contributed by atoms with Crippen molar-refractivity contribution in [1.82, 2.24) is 10.0 Å². The van der Waals surface area contributed by atoms with Crippen molar-refractivity contribution in [3.63, 3.8) is 0 Å². The second-order valence-electron chi connectivity index (χ2n) is 3.31. The van der Waals surface area contributed by atoms with Crippen LogP contribution in [0.3, 0.4) is 0 Å². The molecule has 0 saturated carbocycles. The zero-order valence-corrected chi connectivity index (χ0v) is 9.54. The highest BCUT2D eigenvalue weighted by atomic mass is 32.1. The molecule has 0 unspecified atom stereocenters. The summed E-state index contributed by atoms with van der Waals surface area (Å²) in [6, 6.07) is 0. The van der Waals surface area contributed by atoms with E-state index < -0.39 is 0 Å². The van der Waals surface area contributed by atoms with E-state index in [4.69, 9.17) is 4.84 Å². The summed E-state index contributed by atoms with van der Waals surface area (Å²) in [5, 5.41) is 5.86. The van der Waals surface area contributed by atoms with Gasteiger partial charge in [-0.3, -0.25) is 14.4 Å². The molecule has 0 spiro atoms. The molecule has 2 amide bonds. The highest BCUT2D eigenvalue weighted by Gasteiger charge is 2.23. The van der Waals surface area contributed by atoms with Crippen molar-refractivity contribution in [2.45, 2.75) is 13.3 Å². The van der Waals surface area contributed by atoms with E-state index in [1.165, 1.54) is 23.3 Å². The van der Waals surface area contributed by atoms with E-state index in [-0.39, 0.29) is 11.8 Å². The number of hydrogen-bond donors (Lipinski definition) is 1. The number of thiazole rings is 1. The summed E-state index contributed by atoms with van der Waals surface area (Å²) >= 11 is 1.22. The molecule has 0 atom stereocenters. The van der Waals surface area contributed by atoms with E-state index in [2.05, 4.69) is 10.3 Å². The fourth-order valence-electron chi connectivity index (χ4n) is 1.32. The van der Waals surface area contributed by atoms with Crippen LogP contribution < -0.4 is 5.32 Å². The van der Waals surface area contributed by atoms with Gasteiger partial charge >= 0.3 is 0 Å². The first-order valence-electron chi connectivity index (χ1n) is 4.85. The van der Waals surface area contributed by atoms with Gasteiger partial charge in [0.1, 0.15) is 5.69 Å². The Morgan fingerprint density at radius 1 is 1.62 bits per heavy atom. The van der Waals surface area contributed by atoms with Crippen LogP contribution in [0.2, 0.25) is 0 Å². The molecule has 0 aromatic carbocycles. The standard InChI is InChI=1S/C9H11N3O3S/c1-6(13)10-9-11-7(5-16-9)8(14)12-3-2-4-15-12/h5H,2-4H2,1H3,(H,10,11,13). The predicted octanol–water partition coefficient (Wildman–Crippen LogP) is 0.879. The summed E-state index contributed by atoms with van der Waals surface area (Å²) in [6.07, 6.45) is 0.842. The fourth-order valence-corrected chi connectivity index (χ4v) is 2.05. The maximum absolute atomic E-state index is 11.8. The van der Waals surface area contributed by atoms with Crippen LogP contribution in [0, 0.1) is 0 Å². The smallest absolute Gasteiger partial charge is 0.296 e. The molecule has 0 bridgehead atoms. The van der Waals surface area contributed by atoms with Gasteiger partial charge in [0.05, 0.1) is 13.2 Å². The summed E-state index contributed by atoms with van der Waals surface area (Å²) < 4.78 is 0. The molecule has 1 aliphatic heterocycles. The molecule has 1 aromatic heterocycles. The van der Waals surface area contributed by atoms with Crippen LogP contribution in [-0.4, -0.2) is 35.0 Å². The molecule has 2 heterocycles. The number of rotatable bonds is 2. The lowest BCUT2D eigenvalue weighted by Crippen LogP contribution is -2.26. The Morgan fingerprint density at radius 2 is 2.44 bits per heavy atom. The molecule has 1 fully saturated rings. The summed E-state index contributed by atoms with van der Waals surface area (Å²) in [6.45, 7) is 2.55. The van der Waals surface area contributed by atoms with E-state index in [1.807, 2.05) is 0 Å². The molecule has 16 heavy (non-hydrogen) atoms. The predicted molar refractivity (Wildman–Crippen MR) is 58.0 cm³/mol. The van der Waals surface area contributed by atoms with Gasteiger partial charge in [-0.1, -0.05) is 0 Å². The van der Waals surface area contributed by atoms with Crippen molar-refractivity contribution in [3.05, 3.63) is 11.1 Å². The first-order chi connectivity index (χ1) is 7.66. The zero-order chi connectivity index (χ0) is 11.5. The summed E-state index contributed by atoms with van der Waals surface area (Å²) in [5.74, 6) is -0.462. The Hall–Kier alpha value is -1.47. The summed E-state index contributed by atoms with van der Waals surface area (Å²) in [5.41, 5.74) is 0.302. The number of carbonyl (C=O) groups is 2. The molecule has 1 aliphatic rings. The lowest BCUT2D eigenvalue weighted by Gasteiger charge is -2.11. The van der Waals surface area contributed by atoms with Crippen LogP contribution in [0.4, 0.5) is 5.13 Å². The first kappa shape index (κ1) is 11.0. The van der Waals surface area contributed by atoms with Crippen molar-refractivity contribution in [2.75, 3.05) is 18.5 Å². The number of carbonyl (C=O) groups excluding carboxylic acids is 2. The quantitative estimate of drug-likeness (QED) is 0.834. The van der Waals surface area contributed by atoms with Crippen molar-refractivity contribution in [3.8, 4) is 0 Å². The van der Waals surface area contributed by atoms with Crippen LogP contribution in [-0.2, 0) is 9.63 Å². The Kier molecular flexibility index (Phi) is 3.16. The van der Waals surface area contributed by atoms with Gasteiger partial charge in [-0.2, -0.15) is 0 Å². The van der Waals surface area contributed by atoms with Crippen molar-refractivity contribution in [2.24, 2.45) is 0 Å². The van der Waals surface area contributed by atoms with Crippen molar-refractivity contribution >= 4 is 28.3 Å². The number of hydroxylamine groups is 2. The van der Waals surface area contributed by atoms with E-state index in [1.54, 1.807) is 5.38 Å². The lowest BCUT2D eigenvalue weighted by molar-refractivity contribution is -0.114. The Morgan fingerprint density at radius 3 is 3.06 bits per heavy atom. The van der Waals surface area contributed by atoms with Gasteiger partial charge in [-0.05, 0) is 6.42 Å². The monoisotopic (exact) mass is 241 g/mol. The molecule has 7 heteroatoms. The van der Waals surface area contributed by atoms with Gasteiger partial charge in [0.2, 0.25) is 5.91 Å². The minimum absolute atomic E-state index is 0.203. The number of aromatic nitrogens is 1. The third kappa shape index (κ3) is 2.37. The molecule has 1 saturated heterocycles. The highest BCUT2D eigenvalue weighted by Crippen LogP contribution is 2.18. The van der Waals surface area contributed by atoms with E-state index in [9.17, 15) is 9.59 Å². The zero-order valence-electron chi connectivity index (χ0n) is 8.73. The molecule has 1 aromatic rings. The average molecular weight is 241 g/mol. The molecular weight excluding hydrogens is 230 g/mol. The topological polar surface area (TPSA) is 71.5 Å². The van der Waals surface area contributed by atoms with Gasteiger partial charge in [0, 0.05) is 12.3 Å². The number of hydrogen-bond acceptors (Lipinski definition) is 5. The Labute approximate surface area is 96.2 Å². The fraction of sp³-hybridized carbons (Fsp3) is 0.444. The molecule has 6 nitrogen and oxygen atoms in total. The van der Waals surface area contributed by atoms with Crippen molar-refractivity contribution < 1.29 is 14.4 Å². The second kappa shape index (κ2) is 4.58. The van der Waals surface area contributed by atoms with Gasteiger partial charge in [0.25, 0.3) is 5.91 Å². The summed E-state index contributed by atoms with van der Waals surface area (Å²) in [4.78, 5) is 31.7. The molecule has 86 valence electrons. The second-order valence-corrected chi connectivity index (χ2v) is 4.17. The van der Waals surface area contributed by atoms with Crippen LogP contribution >= 0.6 is 11.3 Å². The molecule has 2 rings (SSSR count). The molecule has 1 N–H and O–H groups in total. The van der Waals surface area contributed by atoms with Crippen LogP contribution in [0.1, 0.15) is 23.8 Å². The minimum Gasteiger partial charge on any atom is -0.302 e. The largest absolute Gasteiger partial charge is 0.302 e. The van der Waals surface area contributed by atoms with Gasteiger partial charge in [0.15, 0.2) is 5.13 Å². The van der Waals surface area contributed by atoms with E-state index >= 15 is 0 Å². The van der Waals surface area contributed by atoms with Crippen LogP contribution in [0.15, 0.2) is 5.38 Å². The minimum atomic E-state index is -0.259. The van der Waals surface area contributed by atoms with E-state index in [0.29, 0.717) is 24.0 Å². The molecule has 0 aliphatic carbocycles. The number of anilines is 1. The van der Waals surface area contributed by atoms with E-state index in [0.717, 1.165) is 6.42 Å². The highest BCUT2D eigenvalue weighted by molar-refractivity contribution is 7.14. The normalized spacial score (nSPS) is 15.2.